The highest BCUT2D eigenvalue weighted by Crippen LogP contribution is 2.32. The summed E-state index contributed by atoms with van der Waals surface area (Å²) < 4.78 is 39.1. The average molecular weight is 340 g/mol. The van der Waals surface area contributed by atoms with Crippen molar-refractivity contribution < 1.29 is 17.9 Å². The highest BCUT2D eigenvalue weighted by molar-refractivity contribution is 7.89. The molecule has 3 rings (SSSR count). The van der Waals surface area contributed by atoms with Gasteiger partial charge in [-0.25, -0.2) is 13.1 Å². The third kappa shape index (κ3) is 3.46. The van der Waals surface area contributed by atoms with Gasteiger partial charge in [0.25, 0.3) is 0 Å². The van der Waals surface area contributed by atoms with Gasteiger partial charge < -0.3 is 9.47 Å². The molecule has 2 heterocycles. The van der Waals surface area contributed by atoms with Crippen LogP contribution in [-0.4, -0.2) is 51.7 Å². The maximum atomic E-state index is 12.7. The van der Waals surface area contributed by atoms with E-state index in [1.807, 2.05) is 0 Å². The summed E-state index contributed by atoms with van der Waals surface area (Å²) in [7, 11) is -3.57. The van der Waals surface area contributed by atoms with Crippen molar-refractivity contribution in [3.8, 4) is 11.5 Å². The topological polar surface area (TPSA) is 67.9 Å². The van der Waals surface area contributed by atoms with E-state index in [0.29, 0.717) is 30.8 Å². The SMILES string of the molecule is CC(C)N1C[C@@H](C)[C@@H](NS(=O)(=O)c2ccc3c(c2)OCCO3)C1. The molecular weight excluding hydrogens is 316 g/mol. The predicted molar refractivity (Wildman–Crippen MR) is 87.4 cm³/mol. The van der Waals surface area contributed by atoms with Crippen molar-refractivity contribution in [2.24, 2.45) is 5.92 Å². The molecule has 2 aliphatic rings. The Kier molecular flexibility index (Phi) is 4.53. The summed E-state index contributed by atoms with van der Waals surface area (Å²) in [5.74, 6) is 1.36. The molecule has 1 N–H and O–H groups in total. The molecule has 0 aromatic heterocycles. The van der Waals surface area contributed by atoms with Crippen molar-refractivity contribution in [2.45, 2.75) is 37.8 Å². The molecule has 1 aromatic rings. The van der Waals surface area contributed by atoms with Gasteiger partial charge in [-0.2, -0.15) is 0 Å². The van der Waals surface area contributed by atoms with Gasteiger partial charge in [0.05, 0.1) is 4.90 Å². The summed E-state index contributed by atoms with van der Waals surface area (Å²) in [6.07, 6.45) is 0. The lowest BCUT2D eigenvalue weighted by Gasteiger charge is -2.21. The molecule has 7 heteroatoms. The molecule has 0 radical (unpaired) electrons. The number of nitrogens with one attached hydrogen (secondary N) is 1. The van der Waals surface area contributed by atoms with Crippen molar-refractivity contribution >= 4 is 10.0 Å². The molecule has 0 aliphatic carbocycles. The second-order valence-corrected chi connectivity index (χ2v) is 8.27. The number of hydrogen-bond donors (Lipinski definition) is 1. The summed E-state index contributed by atoms with van der Waals surface area (Å²) in [6, 6.07) is 5.10. The van der Waals surface area contributed by atoms with E-state index in [0.717, 1.165) is 13.1 Å². The first-order valence-corrected chi connectivity index (χ1v) is 9.51. The van der Waals surface area contributed by atoms with E-state index >= 15 is 0 Å². The van der Waals surface area contributed by atoms with E-state index in [-0.39, 0.29) is 16.9 Å². The Morgan fingerprint density at radius 3 is 2.52 bits per heavy atom. The van der Waals surface area contributed by atoms with E-state index in [1.54, 1.807) is 12.1 Å². The molecule has 0 bridgehead atoms. The highest BCUT2D eigenvalue weighted by atomic mass is 32.2. The summed E-state index contributed by atoms with van der Waals surface area (Å²) in [6.45, 7) is 8.91. The molecule has 0 spiro atoms. The molecule has 1 fully saturated rings. The zero-order chi connectivity index (χ0) is 16.6. The monoisotopic (exact) mass is 340 g/mol. The van der Waals surface area contributed by atoms with Crippen molar-refractivity contribution in [3.63, 3.8) is 0 Å². The van der Waals surface area contributed by atoms with Crippen LogP contribution in [0.1, 0.15) is 20.8 Å². The Morgan fingerprint density at radius 2 is 1.87 bits per heavy atom. The zero-order valence-corrected chi connectivity index (χ0v) is 14.6. The van der Waals surface area contributed by atoms with E-state index in [1.165, 1.54) is 6.07 Å². The fourth-order valence-electron chi connectivity index (χ4n) is 3.04. The quantitative estimate of drug-likeness (QED) is 0.899. The van der Waals surface area contributed by atoms with Crippen LogP contribution < -0.4 is 14.2 Å². The largest absolute Gasteiger partial charge is 0.486 e. The number of hydrogen-bond acceptors (Lipinski definition) is 5. The van der Waals surface area contributed by atoms with Crippen LogP contribution in [0.3, 0.4) is 0 Å². The van der Waals surface area contributed by atoms with Gasteiger partial charge in [-0.1, -0.05) is 6.92 Å². The van der Waals surface area contributed by atoms with Crippen LogP contribution in [0.5, 0.6) is 11.5 Å². The second-order valence-electron chi connectivity index (χ2n) is 6.56. The minimum Gasteiger partial charge on any atom is -0.486 e. The third-order valence-corrected chi connectivity index (χ3v) is 5.99. The fraction of sp³-hybridized carbons (Fsp3) is 0.625. The van der Waals surface area contributed by atoms with E-state index in [2.05, 4.69) is 30.4 Å². The van der Waals surface area contributed by atoms with E-state index < -0.39 is 10.0 Å². The summed E-state index contributed by atoms with van der Waals surface area (Å²) in [4.78, 5) is 2.51. The van der Waals surface area contributed by atoms with Gasteiger partial charge >= 0.3 is 0 Å². The van der Waals surface area contributed by atoms with Gasteiger partial charge in [-0.15, -0.1) is 0 Å². The maximum absolute atomic E-state index is 12.7. The van der Waals surface area contributed by atoms with Crippen molar-refractivity contribution in [3.05, 3.63) is 18.2 Å². The van der Waals surface area contributed by atoms with Gasteiger partial charge in [0.15, 0.2) is 11.5 Å². The summed E-state index contributed by atoms with van der Waals surface area (Å²) in [5, 5.41) is 0. The first kappa shape index (κ1) is 16.5. The Labute approximate surface area is 137 Å². The second kappa shape index (κ2) is 6.30. The molecule has 0 unspecified atom stereocenters. The Hall–Kier alpha value is -1.31. The molecule has 1 aromatic carbocycles. The zero-order valence-electron chi connectivity index (χ0n) is 13.8. The van der Waals surface area contributed by atoms with Crippen LogP contribution in [0.25, 0.3) is 0 Å². The van der Waals surface area contributed by atoms with Crippen LogP contribution >= 0.6 is 0 Å². The minimum atomic E-state index is -3.57. The van der Waals surface area contributed by atoms with Gasteiger partial charge in [0.1, 0.15) is 13.2 Å². The predicted octanol–water partition coefficient (Wildman–Crippen LogP) is 1.46. The number of benzene rings is 1. The Morgan fingerprint density at radius 1 is 1.17 bits per heavy atom. The van der Waals surface area contributed by atoms with Gasteiger partial charge in [0.2, 0.25) is 10.0 Å². The fourth-order valence-corrected chi connectivity index (χ4v) is 4.39. The molecule has 2 aliphatic heterocycles. The van der Waals surface area contributed by atoms with E-state index in [4.69, 9.17) is 9.47 Å². The molecule has 0 saturated carbocycles. The van der Waals surface area contributed by atoms with Crippen LogP contribution in [0.4, 0.5) is 0 Å². The van der Waals surface area contributed by atoms with Crippen molar-refractivity contribution in [1.82, 2.24) is 9.62 Å². The van der Waals surface area contributed by atoms with E-state index in [9.17, 15) is 8.42 Å². The van der Waals surface area contributed by atoms with Crippen molar-refractivity contribution in [1.29, 1.82) is 0 Å². The lowest BCUT2D eigenvalue weighted by Crippen LogP contribution is -2.40. The lowest BCUT2D eigenvalue weighted by molar-refractivity contribution is 0.171. The molecule has 23 heavy (non-hydrogen) atoms. The first-order valence-electron chi connectivity index (χ1n) is 8.03. The number of rotatable bonds is 4. The van der Waals surface area contributed by atoms with Gasteiger partial charge in [-0.3, -0.25) is 4.90 Å². The molecule has 2 atom stereocenters. The molecular formula is C16H24N2O4S. The molecule has 128 valence electrons. The highest BCUT2D eigenvalue weighted by Gasteiger charge is 2.34. The average Bonchev–Trinajstić information content (AvgIpc) is 2.87. The number of ether oxygens (including phenoxy) is 2. The van der Waals surface area contributed by atoms with Crippen LogP contribution in [0.15, 0.2) is 23.1 Å². The minimum absolute atomic E-state index is 0.0735. The van der Waals surface area contributed by atoms with Crippen LogP contribution in [0, 0.1) is 5.92 Å². The van der Waals surface area contributed by atoms with Gasteiger partial charge in [-0.05, 0) is 31.9 Å². The Bertz CT molecular complexity index is 675. The number of fused-ring (bicyclic) bond motifs is 1. The molecule has 0 amide bonds. The summed E-state index contributed by atoms with van der Waals surface area (Å²) >= 11 is 0. The normalized spacial score (nSPS) is 25.0. The first-order chi connectivity index (χ1) is 10.9. The number of sulfonamides is 1. The Balaban J connectivity index is 1.77. The smallest absolute Gasteiger partial charge is 0.241 e. The van der Waals surface area contributed by atoms with Crippen molar-refractivity contribution in [2.75, 3.05) is 26.3 Å². The number of likely N-dealkylation sites (tertiary alicyclic amines) is 1. The molecule has 6 nitrogen and oxygen atoms in total. The van der Waals surface area contributed by atoms with Gasteiger partial charge in [0, 0.05) is 31.2 Å². The number of nitrogens with zero attached hydrogens (tertiary/aromatic N) is 1. The third-order valence-electron chi connectivity index (χ3n) is 4.50. The van der Waals surface area contributed by atoms with Crippen LogP contribution in [-0.2, 0) is 10.0 Å². The van der Waals surface area contributed by atoms with Crippen LogP contribution in [0.2, 0.25) is 0 Å². The molecule has 1 saturated heterocycles. The maximum Gasteiger partial charge on any atom is 0.241 e. The lowest BCUT2D eigenvalue weighted by atomic mass is 10.1. The standard InChI is InChI=1S/C16H24N2O4S/c1-11(2)18-9-12(3)14(10-18)17-23(19,20)13-4-5-15-16(8-13)22-7-6-21-15/h4-5,8,11-12,14,17H,6-7,9-10H2,1-3H3/t12-,14+/m1/s1. The summed E-state index contributed by atoms with van der Waals surface area (Å²) in [5.41, 5.74) is 0.